The van der Waals surface area contributed by atoms with E-state index in [0.717, 1.165) is 30.1 Å². The van der Waals surface area contributed by atoms with Crippen LogP contribution in [0.2, 0.25) is 0 Å². The Balaban J connectivity index is 1.51. The topological polar surface area (TPSA) is 23.8 Å². The lowest BCUT2D eigenvalue weighted by molar-refractivity contribution is 0.0710. The molecular weight excluding hydrogens is 266 g/mol. The predicted molar refractivity (Wildman–Crippen MR) is 89.9 cm³/mol. The second-order valence-corrected chi connectivity index (χ2v) is 7.43. The summed E-state index contributed by atoms with van der Waals surface area (Å²) < 4.78 is 0. The summed E-state index contributed by atoms with van der Waals surface area (Å²) in [5.41, 5.74) is 4.39. The van der Waals surface area contributed by atoms with E-state index >= 15 is 0 Å². The van der Waals surface area contributed by atoms with E-state index < -0.39 is 0 Å². The molecule has 4 aliphatic rings. The lowest BCUT2D eigenvalue weighted by Crippen LogP contribution is -2.40. The van der Waals surface area contributed by atoms with Gasteiger partial charge in [0.15, 0.2) is 0 Å². The summed E-state index contributed by atoms with van der Waals surface area (Å²) in [7, 11) is 0. The molecule has 1 aromatic carbocycles. The van der Waals surface area contributed by atoms with Gasteiger partial charge in [-0.1, -0.05) is 42.0 Å². The first-order valence-electron chi connectivity index (χ1n) is 8.67. The van der Waals surface area contributed by atoms with Gasteiger partial charge in [-0.15, -0.1) is 0 Å². The van der Waals surface area contributed by atoms with Crippen molar-refractivity contribution < 1.29 is 0 Å². The van der Waals surface area contributed by atoms with Crippen LogP contribution in [0, 0.1) is 35.0 Å². The molecule has 1 aromatic rings. The first-order valence-corrected chi connectivity index (χ1v) is 8.67. The molecule has 0 N–H and O–H groups in total. The SMILES string of the molecule is N#CC=CCc1ccc(C=C2C3CC4CC(C3)CC2C4)cc1. The van der Waals surface area contributed by atoms with E-state index in [4.69, 9.17) is 5.26 Å². The van der Waals surface area contributed by atoms with Crippen LogP contribution >= 0.6 is 0 Å². The molecule has 0 atom stereocenters. The fourth-order valence-corrected chi connectivity index (χ4v) is 5.15. The molecule has 4 saturated carbocycles. The number of nitrogens with zero attached hydrogens (tertiary/aromatic N) is 1. The molecular formula is C21H23N. The van der Waals surface area contributed by atoms with Crippen LogP contribution in [-0.2, 0) is 6.42 Å². The monoisotopic (exact) mass is 289 g/mol. The Bertz CT molecular complexity index is 611. The molecule has 4 fully saturated rings. The average Bonchev–Trinajstić information content (AvgIpc) is 2.52. The average molecular weight is 289 g/mol. The fourth-order valence-electron chi connectivity index (χ4n) is 5.15. The minimum atomic E-state index is 0.846. The molecule has 0 saturated heterocycles. The summed E-state index contributed by atoms with van der Waals surface area (Å²) >= 11 is 0. The highest BCUT2D eigenvalue weighted by atomic mass is 14.5. The summed E-state index contributed by atoms with van der Waals surface area (Å²) in [6.07, 6.45) is 14.2. The Hall–Kier alpha value is -1.81. The second-order valence-electron chi connectivity index (χ2n) is 7.43. The highest BCUT2D eigenvalue weighted by Gasteiger charge is 2.44. The molecule has 1 nitrogen and oxygen atoms in total. The van der Waals surface area contributed by atoms with Crippen LogP contribution in [-0.4, -0.2) is 0 Å². The predicted octanol–water partition coefficient (Wildman–Crippen LogP) is 5.15. The van der Waals surface area contributed by atoms with Gasteiger partial charge in [-0.3, -0.25) is 0 Å². The molecule has 0 heterocycles. The fraction of sp³-hybridized carbons (Fsp3) is 0.476. The standard InChI is InChI=1S/C21H23N/c22-8-2-1-3-15-4-6-16(7-5-15)14-21-19-10-17-9-18(12-19)13-20(21)11-17/h1-2,4-7,14,17-20H,3,9-13H2. The molecule has 0 amide bonds. The lowest BCUT2D eigenvalue weighted by Gasteiger charge is -2.51. The zero-order chi connectivity index (χ0) is 14.9. The Morgan fingerprint density at radius 3 is 2.18 bits per heavy atom. The molecule has 4 aliphatic carbocycles. The van der Waals surface area contributed by atoms with Crippen molar-refractivity contribution in [1.82, 2.24) is 0 Å². The third-order valence-electron chi connectivity index (χ3n) is 5.94. The van der Waals surface area contributed by atoms with Crippen molar-refractivity contribution in [3.63, 3.8) is 0 Å². The van der Waals surface area contributed by atoms with Gasteiger partial charge < -0.3 is 0 Å². The first-order chi connectivity index (χ1) is 10.8. The van der Waals surface area contributed by atoms with Gasteiger partial charge in [0.25, 0.3) is 0 Å². The molecule has 112 valence electrons. The number of hydrogen-bond acceptors (Lipinski definition) is 1. The van der Waals surface area contributed by atoms with Gasteiger partial charge in [-0.05, 0) is 73.3 Å². The maximum absolute atomic E-state index is 8.53. The Morgan fingerprint density at radius 2 is 1.59 bits per heavy atom. The van der Waals surface area contributed by atoms with Crippen LogP contribution in [0.4, 0.5) is 0 Å². The van der Waals surface area contributed by atoms with E-state index in [1.54, 1.807) is 11.6 Å². The van der Waals surface area contributed by atoms with Gasteiger partial charge in [0.2, 0.25) is 0 Å². The molecule has 0 unspecified atom stereocenters. The highest BCUT2D eigenvalue weighted by molar-refractivity contribution is 5.55. The zero-order valence-corrected chi connectivity index (χ0v) is 13.0. The molecule has 0 aromatic heterocycles. The van der Waals surface area contributed by atoms with Gasteiger partial charge in [0.1, 0.15) is 0 Å². The number of nitriles is 1. The highest BCUT2D eigenvalue weighted by Crippen LogP contribution is 2.56. The van der Waals surface area contributed by atoms with Crippen LogP contribution in [0.15, 0.2) is 42.0 Å². The van der Waals surface area contributed by atoms with E-state index in [0.29, 0.717) is 0 Å². The van der Waals surface area contributed by atoms with Crippen molar-refractivity contribution in [2.24, 2.45) is 23.7 Å². The van der Waals surface area contributed by atoms with Crippen LogP contribution in [0.25, 0.3) is 6.08 Å². The third kappa shape index (κ3) is 2.63. The van der Waals surface area contributed by atoms with Crippen LogP contribution in [0.1, 0.15) is 43.2 Å². The molecule has 0 spiro atoms. The maximum atomic E-state index is 8.53. The summed E-state index contributed by atoms with van der Waals surface area (Å²) in [5.74, 6) is 3.84. The summed E-state index contributed by atoms with van der Waals surface area (Å²) in [6, 6.07) is 10.9. The Morgan fingerprint density at radius 1 is 0.955 bits per heavy atom. The van der Waals surface area contributed by atoms with Crippen molar-refractivity contribution in [3.05, 3.63) is 53.1 Å². The van der Waals surface area contributed by atoms with Crippen LogP contribution < -0.4 is 0 Å². The summed E-state index contributed by atoms with van der Waals surface area (Å²) in [6.45, 7) is 0. The van der Waals surface area contributed by atoms with Crippen molar-refractivity contribution in [1.29, 1.82) is 5.26 Å². The van der Waals surface area contributed by atoms with E-state index in [-0.39, 0.29) is 0 Å². The number of hydrogen-bond donors (Lipinski definition) is 0. The second kappa shape index (κ2) is 5.76. The molecule has 0 radical (unpaired) electrons. The van der Waals surface area contributed by atoms with Crippen molar-refractivity contribution >= 4 is 6.08 Å². The minimum Gasteiger partial charge on any atom is -0.193 e. The lowest BCUT2D eigenvalue weighted by atomic mass is 9.54. The normalized spacial score (nSPS) is 32.4. The van der Waals surface area contributed by atoms with E-state index in [1.807, 2.05) is 12.1 Å². The van der Waals surface area contributed by atoms with Crippen LogP contribution in [0.3, 0.4) is 0 Å². The third-order valence-corrected chi connectivity index (χ3v) is 5.94. The van der Waals surface area contributed by atoms with Gasteiger partial charge in [-0.2, -0.15) is 5.26 Å². The zero-order valence-electron chi connectivity index (χ0n) is 13.0. The largest absolute Gasteiger partial charge is 0.193 e. The smallest absolute Gasteiger partial charge is 0.0908 e. The summed E-state index contributed by atoms with van der Waals surface area (Å²) in [4.78, 5) is 0. The maximum Gasteiger partial charge on any atom is 0.0908 e. The van der Waals surface area contributed by atoms with Crippen LogP contribution in [0.5, 0.6) is 0 Å². The molecule has 22 heavy (non-hydrogen) atoms. The molecule has 5 rings (SSSR count). The summed E-state index contributed by atoms with van der Waals surface area (Å²) in [5, 5.41) is 8.53. The quantitative estimate of drug-likeness (QED) is 0.706. The van der Waals surface area contributed by atoms with Crippen molar-refractivity contribution in [3.8, 4) is 6.07 Å². The van der Waals surface area contributed by atoms with E-state index in [2.05, 4.69) is 30.3 Å². The molecule has 1 heteroatoms. The number of allylic oxidation sites excluding steroid dienone is 3. The Labute approximate surface area is 133 Å². The first kappa shape index (κ1) is 13.8. The van der Waals surface area contributed by atoms with Crippen molar-refractivity contribution in [2.75, 3.05) is 0 Å². The Kier molecular flexibility index (Phi) is 3.62. The van der Waals surface area contributed by atoms with Crippen molar-refractivity contribution in [2.45, 2.75) is 38.5 Å². The number of rotatable bonds is 3. The number of benzene rings is 1. The minimum absolute atomic E-state index is 0.846. The van der Waals surface area contributed by atoms with E-state index in [1.165, 1.54) is 43.2 Å². The van der Waals surface area contributed by atoms with Gasteiger partial charge in [-0.25, -0.2) is 0 Å². The van der Waals surface area contributed by atoms with E-state index in [9.17, 15) is 0 Å². The van der Waals surface area contributed by atoms with Gasteiger partial charge in [0.05, 0.1) is 6.07 Å². The molecule has 4 bridgehead atoms. The van der Waals surface area contributed by atoms with Gasteiger partial charge >= 0.3 is 0 Å². The molecule has 0 aliphatic heterocycles. The van der Waals surface area contributed by atoms with Gasteiger partial charge in [0, 0.05) is 6.08 Å².